The summed E-state index contributed by atoms with van der Waals surface area (Å²) in [7, 11) is 0. The normalized spacial score (nSPS) is 20.8. The van der Waals surface area contributed by atoms with Crippen molar-refractivity contribution in [3.63, 3.8) is 0 Å². The molecule has 106 valence electrons. The zero-order valence-electron chi connectivity index (χ0n) is 12.4. The van der Waals surface area contributed by atoms with Crippen LogP contribution in [0.5, 0.6) is 0 Å². The van der Waals surface area contributed by atoms with Gasteiger partial charge in [0.2, 0.25) is 0 Å². The molecule has 1 N–H and O–H groups in total. The average molecular weight is 261 g/mol. The fourth-order valence-electron chi connectivity index (χ4n) is 3.67. The predicted octanol–water partition coefficient (Wildman–Crippen LogP) is 3.23. The summed E-state index contributed by atoms with van der Waals surface area (Å²) in [5.41, 5.74) is 2.87. The Morgan fingerprint density at radius 1 is 1.26 bits per heavy atom. The van der Waals surface area contributed by atoms with E-state index in [1.54, 1.807) is 5.69 Å². The van der Waals surface area contributed by atoms with Gasteiger partial charge in [0.05, 0.1) is 5.69 Å². The number of imidazole rings is 1. The van der Waals surface area contributed by atoms with Crippen molar-refractivity contribution < 1.29 is 0 Å². The molecular formula is C16H27N3. The van der Waals surface area contributed by atoms with E-state index in [-0.39, 0.29) is 0 Å². The highest BCUT2D eigenvalue weighted by Gasteiger charge is 2.26. The summed E-state index contributed by atoms with van der Waals surface area (Å²) in [5, 5.41) is 3.46. The van der Waals surface area contributed by atoms with Crippen LogP contribution in [0, 0.1) is 5.92 Å². The second-order valence-electron chi connectivity index (χ2n) is 6.61. The first-order valence-corrected chi connectivity index (χ1v) is 8.05. The molecule has 3 nitrogen and oxygen atoms in total. The highest BCUT2D eigenvalue weighted by atomic mass is 15.1. The van der Waals surface area contributed by atoms with Crippen molar-refractivity contribution in [2.24, 2.45) is 5.92 Å². The number of rotatable bonds is 3. The standard InChI is InChI=1S/C16H27N3/c1-12(2)10-16-18-14-11-17-9-8-15(14)19(16)13-6-4-3-5-7-13/h12-13,17H,3-11H2,1-2H3. The molecule has 0 bridgehead atoms. The maximum atomic E-state index is 4.97. The summed E-state index contributed by atoms with van der Waals surface area (Å²) in [4.78, 5) is 4.97. The molecule has 1 aromatic heterocycles. The maximum Gasteiger partial charge on any atom is 0.109 e. The zero-order valence-corrected chi connectivity index (χ0v) is 12.4. The molecule has 2 heterocycles. The van der Waals surface area contributed by atoms with Gasteiger partial charge >= 0.3 is 0 Å². The van der Waals surface area contributed by atoms with E-state index in [1.165, 1.54) is 43.6 Å². The van der Waals surface area contributed by atoms with E-state index in [0.717, 1.165) is 32.0 Å². The molecule has 1 aromatic rings. The van der Waals surface area contributed by atoms with Crippen LogP contribution in [0.4, 0.5) is 0 Å². The summed E-state index contributed by atoms with van der Waals surface area (Å²) in [6.45, 7) is 6.70. The van der Waals surface area contributed by atoms with Gasteiger partial charge in [0.25, 0.3) is 0 Å². The van der Waals surface area contributed by atoms with Crippen molar-refractivity contribution in [2.45, 2.75) is 71.4 Å². The third-order valence-electron chi connectivity index (χ3n) is 4.53. The molecule has 1 aliphatic heterocycles. The van der Waals surface area contributed by atoms with E-state index in [1.807, 2.05) is 0 Å². The van der Waals surface area contributed by atoms with E-state index in [9.17, 15) is 0 Å². The van der Waals surface area contributed by atoms with Gasteiger partial charge in [-0.2, -0.15) is 0 Å². The molecule has 1 saturated carbocycles. The molecule has 2 aliphatic rings. The minimum atomic E-state index is 0.694. The van der Waals surface area contributed by atoms with Gasteiger partial charge in [-0.15, -0.1) is 0 Å². The van der Waals surface area contributed by atoms with Crippen molar-refractivity contribution in [1.29, 1.82) is 0 Å². The van der Waals surface area contributed by atoms with Crippen LogP contribution < -0.4 is 5.32 Å². The zero-order chi connectivity index (χ0) is 13.2. The van der Waals surface area contributed by atoms with Crippen molar-refractivity contribution >= 4 is 0 Å². The lowest BCUT2D eigenvalue weighted by molar-refractivity contribution is 0.334. The molecule has 0 aromatic carbocycles. The molecule has 3 rings (SSSR count). The van der Waals surface area contributed by atoms with Crippen LogP contribution in [0.1, 0.15) is 69.2 Å². The Labute approximate surface area is 116 Å². The molecule has 1 aliphatic carbocycles. The Morgan fingerprint density at radius 2 is 2.05 bits per heavy atom. The molecular weight excluding hydrogens is 234 g/mol. The monoisotopic (exact) mass is 261 g/mol. The maximum absolute atomic E-state index is 4.97. The summed E-state index contributed by atoms with van der Waals surface area (Å²) in [5.74, 6) is 2.05. The van der Waals surface area contributed by atoms with Crippen LogP contribution in [0.2, 0.25) is 0 Å². The van der Waals surface area contributed by atoms with Gasteiger partial charge in [-0.3, -0.25) is 0 Å². The Hall–Kier alpha value is -0.830. The second-order valence-corrected chi connectivity index (χ2v) is 6.61. The van der Waals surface area contributed by atoms with E-state index >= 15 is 0 Å². The molecule has 1 fully saturated rings. The van der Waals surface area contributed by atoms with Crippen LogP contribution in [0.3, 0.4) is 0 Å². The van der Waals surface area contributed by atoms with Gasteiger partial charge in [0.1, 0.15) is 5.82 Å². The molecule has 0 amide bonds. The first kappa shape index (κ1) is 13.2. The molecule has 0 saturated heterocycles. The Morgan fingerprint density at radius 3 is 2.79 bits per heavy atom. The van der Waals surface area contributed by atoms with Gasteiger partial charge in [-0.05, 0) is 18.8 Å². The van der Waals surface area contributed by atoms with Crippen molar-refractivity contribution in [2.75, 3.05) is 6.54 Å². The Bertz CT molecular complexity index is 427. The number of hydrogen-bond acceptors (Lipinski definition) is 2. The first-order valence-electron chi connectivity index (χ1n) is 8.05. The SMILES string of the molecule is CC(C)Cc1nc2c(n1C1CCCCC1)CCNC2. The lowest BCUT2D eigenvalue weighted by Gasteiger charge is -2.28. The number of nitrogens with zero attached hydrogens (tertiary/aromatic N) is 2. The number of fused-ring (bicyclic) bond motifs is 1. The third kappa shape index (κ3) is 2.71. The van der Waals surface area contributed by atoms with Crippen molar-refractivity contribution in [1.82, 2.24) is 14.9 Å². The van der Waals surface area contributed by atoms with Crippen LogP contribution in [0.25, 0.3) is 0 Å². The van der Waals surface area contributed by atoms with Crippen LogP contribution in [-0.2, 0) is 19.4 Å². The fourth-order valence-corrected chi connectivity index (χ4v) is 3.67. The van der Waals surface area contributed by atoms with E-state index < -0.39 is 0 Å². The predicted molar refractivity (Wildman–Crippen MR) is 78.3 cm³/mol. The Balaban J connectivity index is 1.95. The summed E-state index contributed by atoms with van der Waals surface area (Å²) >= 11 is 0. The lowest BCUT2D eigenvalue weighted by Crippen LogP contribution is -2.26. The van der Waals surface area contributed by atoms with E-state index in [4.69, 9.17) is 4.98 Å². The fraction of sp³-hybridized carbons (Fsp3) is 0.812. The van der Waals surface area contributed by atoms with Crippen LogP contribution >= 0.6 is 0 Å². The molecule has 3 heteroatoms. The minimum absolute atomic E-state index is 0.694. The summed E-state index contributed by atoms with van der Waals surface area (Å²) < 4.78 is 2.65. The first-order chi connectivity index (χ1) is 9.25. The van der Waals surface area contributed by atoms with E-state index in [2.05, 4.69) is 23.7 Å². The van der Waals surface area contributed by atoms with Gasteiger partial charge in [-0.1, -0.05) is 33.1 Å². The van der Waals surface area contributed by atoms with Gasteiger partial charge in [0, 0.05) is 37.7 Å². The largest absolute Gasteiger partial charge is 0.329 e. The molecule has 0 atom stereocenters. The van der Waals surface area contributed by atoms with Gasteiger partial charge in [0.15, 0.2) is 0 Å². The second kappa shape index (κ2) is 5.66. The average Bonchev–Trinajstić information content (AvgIpc) is 2.76. The summed E-state index contributed by atoms with van der Waals surface area (Å²) in [6, 6.07) is 0.733. The van der Waals surface area contributed by atoms with E-state index in [0.29, 0.717) is 5.92 Å². The molecule has 0 radical (unpaired) electrons. The van der Waals surface area contributed by atoms with Crippen molar-refractivity contribution in [3.05, 3.63) is 17.2 Å². The van der Waals surface area contributed by atoms with Crippen LogP contribution in [0.15, 0.2) is 0 Å². The minimum Gasteiger partial charge on any atom is -0.329 e. The van der Waals surface area contributed by atoms with Crippen LogP contribution in [-0.4, -0.2) is 16.1 Å². The van der Waals surface area contributed by atoms with Gasteiger partial charge < -0.3 is 9.88 Å². The Kier molecular flexibility index (Phi) is 3.92. The number of nitrogens with one attached hydrogen (secondary N) is 1. The third-order valence-corrected chi connectivity index (χ3v) is 4.53. The van der Waals surface area contributed by atoms with Crippen molar-refractivity contribution in [3.8, 4) is 0 Å². The summed E-state index contributed by atoms with van der Waals surface area (Å²) in [6.07, 6.45) is 9.24. The molecule has 0 spiro atoms. The number of aromatic nitrogens is 2. The molecule has 0 unspecified atom stereocenters. The van der Waals surface area contributed by atoms with Gasteiger partial charge in [-0.25, -0.2) is 4.98 Å². The highest BCUT2D eigenvalue weighted by Crippen LogP contribution is 2.33. The smallest absolute Gasteiger partial charge is 0.109 e. The number of hydrogen-bond donors (Lipinski definition) is 1. The topological polar surface area (TPSA) is 29.9 Å². The molecule has 19 heavy (non-hydrogen) atoms. The quantitative estimate of drug-likeness (QED) is 0.905. The lowest BCUT2D eigenvalue weighted by atomic mass is 9.94. The highest BCUT2D eigenvalue weighted by molar-refractivity contribution is 5.22.